The Bertz CT molecular complexity index is 671. The molecule has 12 heteroatoms. The molecule has 0 aliphatic carbocycles. The first-order chi connectivity index (χ1) is 13.1. The molecule has 154 valence electrons. The van der Waals surface area contributed by atoms with Crippen molar-refractivity contribution in [3.05, 3.63) is 12.2 Å². The molecule has 0 spiro atoms. The van der Waals surface area contributed by atoms with Crippen LogP contribution in [-0.4, -0.2) is 81.0 Å². The van der Waals surface area contributed by atoms with Crippen molar-refractivity contribution >= 4 is 35.6 Å². The molecule has 0 unspecified atom stereocenters. The van der Waals surface area contributed by atoms with Crippen molar-refractivity contribution in [2.24, 2.45) is 0 Å². The molecule has 0 fully saturated rings. The Balaban J connectivity index is 2.67. The summed E-state index contributed by atoms with van der Waals surface area (Å²) in [7, 11) is 0. The van der Waals surface area contributed by atoms with E-state index >= 15 is 0 Å². The summed E-state index contributed by atoms with van der Waals surface area (Å²) in [6.45, 7) is -0.0907. The predicted octanol–water partition coefficient (Wildman–Crippen LogP) is -1.83. The van der Waals surface area contributed by atoms with Crippen molar-refractivity contribution < 1.29 is 44.1 Å². The number of nitrogens with one attached hydrogen (secondary N) is 2. The highest BCUT2D eigenvalue weighted by Gasteiger charge is 2.27. The van der Waals surface area contributed by atoms with E-state index in [4.69, 9.17) is 15.3 Å². The minimum Gasteiger partial charge on any atom is -0.481 e. The first-order valence-electron chi connectivity index (χ1n) is 8.35. The number of hydrogen-bond donors (Lipinski definition) is 5. The Kier molecular flexibility index (Phi) is 8.75. The third kappa shape index (κ3) is 7.53. The molecule has 0 aromatic rings. The molecule has 1 rings (SSSR count). The monoisotopic (exact) mass is 399 g/mol. The second kappa shape index (κ2) is 10.8. The van der Waals surface area contributed by atoms with Crippen LogP contribution in [0.15, 0.2) is 12.2 Å². The Hall–Kier alpha value is -3.28. The maximum Gasteiger partial charge on any atom is 0.326 e. The smallest absolute Gasteiger partial charge is 0.326 e. The first-order valence-corrected chi connectivity index (χ1v) is 8.35. The average molecular weight is 399 g/mol. The van der Waals surface area contributed by atoms with Crippen molar-refractivity contribution in [3.8, 4) is 0 Å². The molecule has 1 aliphatic rings. The van der Waals surface area contributed by atoms with Crippen LogP contribution >= 0.6 is 0 Å². The van der Waals surface area contributed by atoms with Crippen molar-refractivity contribution in [2.75, 3.05) is 13.1 Å². The number of hydrogen-bond acceptors (Lipinski definition) is 7. The molecule has 2 atom stereocenters. The van der Waals surface area contributed by atoms with Gasteiger partial charge in [0.1, 0.15) is 6.04 Å². The third-order valence-corrected chi connectivity index (χ3v) is 3.85. The fourth-order valence-electron chi connectivity index (χ4n) is 2.39. The van der Waals surface area contributed by atoms with E-state index in [1.807, 2.05) is 0 Å². The maximum atomic E-state index is 12.3. The van der Waals surface area contributed by atoms with E-state index in [-0.39, 0.29) is 32.4 Å². The lowest BCUT2D eigenvalue weighted by Gasteiger charge is -2.22. The summed E-state index contributed by atoms with van der Waals surface area (Å²) in [5, 5.41) is 31.4. The molecular formula is C16H21N3O9. The molecule has 0 bridgehead atoms. The second-order valence-electron chi connectivity index (χ2n) is 5.93. The van der Waals surface area contributed by atoms with Crippen LogP contribution < -0.4 is 10.6 Å². The van der Waals surface area contributed by atoms with Crippen LogP contribution in [0, 0.1) is 0 Å². The van der Waals surface area contributed by atoms with Crippen LogP contribution in [0.1, 0.15) is 25.7 Å². The molecule has 1 aliphatic heterocycles. The third-order valence-electron chi connectivity index (χ3n) is 3.85. The number of carbonyl (C=O) groups is 6. The van der Waals surface area contributed by atoms with Gasteiger partial charge in [0.2, 0.25) is 5.91 Å². The highest BCUT2D eigenvalue weighted by atomic mass is 16.4. The van der Waals surface area contributed by atoms with E-state index in [2.05, 4.69) is 10.6 Å². The van der Waals surface area contributed by atoms with Gasteiger partial charge < -0.3 is 26.0 Å². The first kappa shape index (κ1) is 22.8. The predicted molar refractivity (Wildman–Crippen MR) is 91.0 cm³/mol. The summed E-state index contributed by atoms with van der Waals surface area (Å²) in [6, 6.07) is -2.56. The Morgan fingerprint density at radius 1 is 0.893 bits per heavy atom. The summed E-state index contributed by atoms with van der Waals surface area (Å²) < 4.78 is 0. The van der Waals surface area contributed by atoms with Crippen molar-refractivity contribution in [1.82, 2.24) is 15.5 Å². The lowest BCUT2D eigenvalue weighted by molar-refractivity contribution is -0.144. The molecule has 0 aromatic heterocycles. The van der Waals surface area contributed by atoms with E-state index < -0.39 is 54.1 Å². The SMILES string of the molecule is O=C(O)CC[C@@H](NC(=O)[C@@H](CCC(=O)O)NCCN1C(=O)C=CC1=O)C(=O)O. The Morgan fingerprint density at radius 2 is 1.39 bits per heavy atom. The summed E-state index contributed by atoms with van der Waals surface area (Å²) in [6.07, 6.45) is 0.808. The summed E-state index contributed by atoms with van der Waals surface area (Å²) in [5.41, 5.74) is 0. The van der Waals surface area contributed by atoms with Gasteiger partial charge in [0.15, 0.2) is 0 Å². The maximum absolute atomic E-state index is 12.3. The number of imide groups is 1. The van der Waals surface area contributed by atoms with Crippen LogP contribution in [0.2, 0.25) is 0 Å². The van der Waals surface area contributed by atoms with E-state index in [0.717, 1.165) is 17.1 Å². The summed E-state index contributed by atoms with van der Waals surface area (Å²) in [5.74, 6) is -5.68. The summed E-state index contributed by atoms with van der Waals surface area (Å²) in [4.78, 5) is 68.8. The zero-order valence-corrected chi connectivity index (χ0v) is 14.8. The van der Waals surface area contributed by atoms with Crippen molar-refractivity contribution in [1.29, 1.82) is 0 Å². The normalized spacial score (nSPS) is 15.4. The highest BCUT2D eigenvalue weighted by Crippen LogP contribution is 2.05. The Morgan fingerprint density at radius 3 is 1.86 bits per heavy atom. The van der Waals surface area contributed by atoms with Gasteiger partial charge in [-0.05, 0) is 12.8 Å². The van der Waals surface area contributed by atoms with Gasteiger partial charge in [-0.1, -0.05) is 0 Å². The average Bonchev–Trinajstić information content (AvgIpc) is 2.92. The Labute approximate surface area is 159 Å². The standard InChI is InChI=1S/C16H21N3O9/c20-11-3-4-12(21)19(11)8-7-17-9(1-5-13(22)23)15(26)18-10(16(27)28)2-6-14(24)25/h3-4,9-10,17H,1-2,5-8H2,(H,18,26)(H,22,23)(H,24,25)(H,27,28)/t9-,10-/m1/s1. The van der Waals surface area contributed by atoms with Crippen molar-refractivity contribution in [3.63, 3.8) is 0 Å². The van der Waals surface area contributed by atoms with Crippen molar-refractivity contribution in [2.45, 2.75) is 37.8 Å². The van der Waals surface area contributed by atoms with Gasteiger partial charge in [-0.25, -0.2) is 4.79 Å². The number of amides is 3. The second-order valence-corrected chi connectivity index (χ2v) is 5.93. The lowest BCUT2D eigenvalue weighted by atomic mass is 10.1. The van der Waals surface area contributed by atoms with Crippen LogP contribution in [0.25, 0.3) is 0 Å². The number of carboxylic acids is 3. The molecule has 0 aromatic carbocycles. The van der Waals surface area contributed by atoms with Gasteiger partial charge in [0, 0.05) is 38.1 Å². The fraction of sp³-hybridized carbons (Fsp3) is 0.500. The topological polar surface area (TPSA) is 190 Å². The molecule has 0 saturated heterocycles. The fourth-order valence-corrected chi connectivity index (χ4v) is 2.39. The van der Waals surface area contributed by atoms with Gasteiger partial charge >= 0.3 is 17.9 Å². The van der Waals surface area contributed by atoms with Gasteiger partial charge in [-0.15, -0.1) is 0 Å². The van der Waals surface area contributed by atoms with Gasteiger partial charge in [-0.3, -0.25) is 28.9 Å². The van der Waals surface area contributed by atoms with Crippen LogP contribution in [0.5, 0.6) is 0 Å². The zero-order chi connectivity index (χ0) is 21.3. The molecule has 0 radical (unpaired) electrons. The van der Waals surface area contributed by atoms with Crippen LogP contribution in [0.4, 0.5) is 0 Å². The molecule has 3 amide bonds. The van der Waals surface area contributed by atoms with E-state index in [0.29, 0.717) is 0 Å². The molecule has 12 nitrogen and oxygen atoms in total. The highest BCUT2D eigenvalue weighted by molar-refractivity contribution is 6.12. The van der Waals surface area contributed by atoms with E-state index in [1.54, 1.807) is 0 Å². The van der Waals surface area contributed by atoms with Gasteiger partial charge in [0.05, 0.1) is 6.04 Å². The minimum atomic E-state index is -1.45. The summed E-state index contributed by atoms with van der Waals surface area (Å²) >= 11 is 0. The molecule has 0 saturated carbocycles. The van der Waals surface area contributed by atoms with E-state index in [9.17, 15) is 28.8 Å². The number of nitrogens with zero attached hydrogens (tertiary/aromatic N) is 1. The number of carboxylic acid groups (broad SMARTS) is 3. The number of rotatable bonds is 13. The molecule has 28 heavy (non-hydrogen) atoms. The largest absolute Gasteiger partial charge is 0.481 e. The lowest BCUT2D eigenvalue weighted by Crippen LogP contribution is -2.51. The van der Waals surface area contributed by atoms with Gasteiger partial charge in [-0.2, -0.15) is 0 Å². The minimum absolute atomic E-state index is 0.0241. The quantitative estimate of drug-likeness (QED) is 0.220. The van der Waals surface area contributed by atoms with Crippen LogP contribution in [0.3, 0.4) is 0 Å². The molecular weight excluding hydrogens is 378 g/mol. The van der Waals surface area contributed by atoms with Crippen LogP contribution in [-0.2, 0) is 28.8 Å². The van der Waals surface area contributed by atoms with Gasteiger partial charge in [0.25, 0.3) is 11.8 Å². The molecule has 5 N–H and O–H groups in total. The number of carbonyl (C=O) groups excluding carboxylic acids is 3. The van der Waals surface area contributed by atoms with E-state index in [1.165, 1.54) is 0 Å². The number of aliphatic carboxylic acids is 3. The molecule has 1 heterocycles. The zero-order valence-electron chi connectivity index (χ0n) is 14.8.